The Hall–Kier alpha value is -1.88. The normalized spacial score (nSPS) is 21.5. The van der Waals surface area contributed by atoms with Gasteiger partial charge in [-0.05, 0) is 43.2 Å². The molecular weight excluding hydrogens is 326 g/mol. The van der Waals surface area contributed by atoms with Crippen LogP contribution in [0.15, 0.2) is 24.3 Å². The van der Waals surface area contributed by atoms with Gasteiger partial charge in [0.2, 0.25) is 11.8 Å². The highest BCUT2D eigenvalue weighted by Gasteiger charge is 2.35. The van der Waals surface area contributed by atoms with E-state index >= 15 is 0 Å². The Labute approximate surface area is 156 Å². The number of benzene rings is 1. The second-order valence-electron chi connectivity index (χ2n) is 8.03. The molecular formula is C21H31N3O2. The zero-order valence-electron chi connectivity index (χ0n) is 16.2. The molecule has 2 aliphatic heterocycles. The minimum absolute atomic E-state index is 0.00445. The fraction of sp³-hybridized carbons (Fsp3) is 0.619. The molecule has 2 heterocycles. The van der Waals surface area contributed by atoms with Crippen LogP contribution >= 0.6 is 0 Å². The highest BCUT2D eigenvalue weighted by atomic mass is 16.2. The number of nitrogens with one attached hydrogen (secondary N) is 1. The monoisotopic (exact) mass is 357 g/mol. The van der Waals surface area contributed by atoms with Gasteiger partial charge in [0.15, 0.2) is 0 Å². The topological polar surface area (TPSA) is 52.7 Å². The third kappa shape index (κ3) is 4.26. The van der Waals surface area contributed by atoms with Crippen LogP contribution in [0, 0.1) is 5.92 Å². The molecule has 0 aromatic heterocycles. The van der Waals surface area contributed by atoms with Crippen molar-refractivity contribution in [3.05, 3.63) is 35.4 Å². The number of hydrogen-bond acceptors (Lipinski definition) is 3. The predicted molar refractivity (Wildman–Crippen MR) is 103 cm³/mol. The standard InChI is InChI=1S/C21H31N3O2/c1-15(2)16(3)22-20(25)14-24-13-18-9-5-4-8-17(18)12-19(24)21(26)23-10-6-7-11-23/h4-5,8-9,15-16,19H,6-7,10-14H2,1-3H3,(H,22,25)/t16-,19-/m1/s1. The van der Waals surface area contributed by atoms with Gasteiger partial charge in [-0.3, -0.25) is 14.5 Å². The fourth-order valence-corrected chi connectivity index (χ4v) is 3.79. The van der Waals surface area contributed by atoms with Crippen molar-refractivity contribution >= 4 is 11.8 Å². The van der Waals surface area contributed by atoms with E-state index in [9.17, 15) is 9.59 Å². The second kappa shape index (κ2) is 8.21. The molecule has 5 nitrogen and oxygen atoms in total. The highest BCUT2D eigenvalue weighted by molar-refractivity contribution is 5.84. The Morgan fingerprint density at radius 2 is 1.77 bits per heavy atom. The molecule has 0 radical (unpaired) electrons. The molecule has 142 valence electrons. The molecule has 1 N–H and O–H groups in total. The zero-order valence-corrected chi connectivity index (χ0v) is 16.2. The van der Waals surface area contributed by atoms with Gasteiger partial charge in [0.05, 0.1) is 12.6 Å². The average molecular weight is 357 g/mol. The van der Waals surface area contributed by atoms with E-state index in [4.69, 9.17) is 0 Å². The van der Waals surface area contributed by atoms with Crippen LogP contribution in [0.1, 0.15) is 44.7 Å². The van der Waals surface area contributed by atoms with Crippen molar-refractivity contribution < 1.29 is 9.59 Å². The van der Waals surface area contributed by atoms with Crippen LogP contribution in [-0.4, -0.2) is 53.3 Å². The van der Waals surface area contributed by atoms with Crippen LogP contribution in [0.5, 0.6) is 0 Å². The van der Waals surface area contributed by atoms with Crippen LogP contribution < -0.4 is 5.32 Å². The van der Waals surface area contributed by atoms with E-state index < -0.39 is 0 Å². The van der Waals surface area contributed by atoms with Crippen molar-refractivity contribution in [1.82, 2.24) is 15.1 Å². The summed E-state index contributed by atoms with van der Waals surface area (Å²) in [5, 5.41) is 3.07. The Morgan fingerprint density at radius 3 is 2.42 bits per heavy atom. The predicted octanol–water partition coefficient (Wildman–Crippen LogP) is 2.20. The van der Waals surface area contributed by atoms with Gasteiger partial charge in [-0.2, -0.15) is 0 Å². The lowest BCUT2D eigenvalue weighted by molar-refractivity contribution is -0.137. The second-order valence-corrected chi connectivity index (χ2v) is 8.03. The Balaban J connectivity index is 1.75. The van der Waals surface area contributed by atoms with Crippen molar-refractivity contribution in [2.24, 2.45) is 5.92 Å². The maximum atomic E-state index is 13.1. The van der Waals surface area contributed by atoms with Crippen LogP contribution in [-0.2, 0) is 22.6 Å². The number of hydrogen-bond donors (Lipinski definition) is 1. The molecule has 2 aliphatic rings. The van der Waals surface area contributed by atoms with E-state index in [1.165, 1.54) is 11.1 Å². The Morgan fingerprint density at radius 1 is 1.12 bits per heavy atom. The van der Waals surface area contributed by atoms with Crippen LogP contribution in [0.2, 0.25) is 0 Å². The van der Waals surface area contributed by atoms with E-state index in [-0.39, 0.29) is 30.4 Å². The third-order valence-electron chi connectivity index (χ3n) is 5.78. The maximum Gasteiger partial charge on any atom is 0.240 e. The number of carbonyl (C=O) groups is 2. The summed E-state index contributed by atoms with van der Waals surface area (Å²) < 4.78 is 0. The van der Waals surface area contributed by atoms with E-state index in [1.807, 2.05) is 24.0 Å². The minimum atomic E-state index is -0.233. The lowest BCUT2D eigenvalue weighted by Gasteiger charge is -2.37. The molecule has 2 amide bonds. The lowest BCUT2D eigenvalue weighted by atomic mass is 9.93. The molecule has 0 unspecified atom stereocenters. The van der Waals surface area contributed by atoms with Gasteiger partial charge < -0.3 is 10.2 Å². The smallest absolute Gasteiger partial charge is 0.240 e. The minimum Gasteiger partial charge on any atom is -0.352 e. The zero-order chi connectivity index (χ0) is 18.7. The van der Waals surface area contributed by atoms with Crippen molar-refractivity contribution in [3.8, 4) is 0 Å². The summed E-state index contributed by atoms with van der Waals surface area (Å²) in [7, 11) is 0. The van der Waals surface area contributed by atoms with Gasteiger partial charge in [-0.25, -0.2) is 0 Å². The van der Waals surface area contributed by atoms with Crippen LogP contribution in [0.3, 0.4) is 0 Å². The third-order valence-corrected chi connectivity index (χ3v) is 5.78. The number of amides is 2. The largest absolute Gasteiger partial charge is 0.352 e. The molecule has 5 heteroatoms. The molecule has 0 saturated carbocycles. The SMILES string of the molecule is CC(C)[C@@H](C)NC(=O)CN1Cc2ccccc2C[C@@H]1C(=O)N1CCCC1. The van der Waals surface area contributed by atoms with E-state index in [1.54, 1.807) is 0 Å². The Kier molecular flexibility index (Phi) is 5.97. The molecule has 0 aliphatic carbocycles. The van der Waals surface area contributed by atoms with Gasteiger partial charge in [0.1, 0.15) is 0 Å². The number of rotatable bonds is 5. The fourth-order valence-electron chi connectivity index (χ4n) is 3.79. The molecule has 1 aromatic rings. The highest BCUT2D eigenvalue weighted by Crippen LogP contribution is 2.25. The first kappa shape index (κ1) is 18.9. The number of nitrogens with zero attached hydrogens (tertiary/aromatic N) is 2. The number of carbonyl (C=O) groups excluding carboxylic acids is 2. The van der Waals surface area contributed by atoms with Crippen LogP contribution in [0.25, 0.3) is 0 Å². The van der Waals surface area contributed by atoms with Gasteiger partial charge in [-0.1, -0.05) is 38.1 Å². The van der Waals surface area contributed by atoms with E-state index in [0.717, 1.165) is 25.9 Å². The van der Waals surface area contributed by atoms with Crippen LogP contribution in [0.4, 0.5) is 0 Å². The summed E-state index contributed by atoms with van der Waals surface area (Å²) in [6.07, 6.45) is 2.86. The molecule has 0 bridgehead atoms. The summed E-state index contributed by atoms with van der Waals surface area (Å²) in [5.41, 5.74) is 2.46. The molecule has 0 spiro atoms. The van der Waals surface area contributed by atoms with Gasteiger partial charge in [-0.15, -0.1) is 0 Å². The average Bonchev–Trinajstić information content (AvgIpc) is 3.15. The first-order chi connectivity index (χ1) is 12.5. The maximum absolute atomic E-state index is 13.1. The molecule has 1 fully saturated rings. The lowest BCUT2D eigenvalue weighted by Crippen LogP contribution is -2.54. The van der Waals surface area contributed by atoms with E-state index in [2.05, 4.69) is 36.2 Å². The Bertz CT molecular complexity index is 652. The summed E-state index contributed by atoms with van der Waals surface area (Å²) in [4.78, 5) is 29.7. The summed E-state index contributed by atoms with van der Waals surface area (Å²) >= 11 is 0. The quantitative estimate of drug-likeness (QED) is 0.879. The van der Waals surface area contributed by atoms with Crippen molar-refractivity contribution in [2.75, 3.05) is 19.6 Å². The molecule has 26 heavy (non-hydrogen) atoms. The van der Waals surface area contributed by atoms with Gasteiger partial charge in [0.25, 0.3) is 0 Å². The van der Waals surface area contributed by atoms with Crippen molar-refractivity contribution in [3.63, 3.8) is 0 Å². The summed E-state index contributed by atoms with van der Waals surface area (Å²) in [6, 6.07) is 8.17. The van der Waals surface area contributed by atoms with Gasteiger partial charge >= 0.3 is 0 Å². The first-order valence-electron chi connectivity index (χ1n) is 9.84. The summed E-state index contributed by atoms with van der Waals surface area (Å²) in [6.45, 7) is 8.85. The molecule has 2 atom stereocenters. The number of fused-ring (bicyclic) bond motifs is 1. The number of likely N-dealkylation sites (tertiary alicyclic amines) is 1. The first-order valence-corrected chi connectivity index (χ1v) is 9.84. The van der Waals surface area contributed by atoms with Crippen molar-refractivity contribution in [1.29, 1.82) is 0 Å². The van der Waals surface area contributed by atoms with Crippen molar-refractivity contribution in [2.45, 2.75) is 58.7 Å². The van der Waals surface area contributed by atoms with E-state index in [0.29, 0.717) is 18.9 Å². The molecule has 1 aromatic carbocycles. The summed E-state index contributed by atoms with van der Waals surface area (Å²) in [5.74, 6) is 0.578. The molecule has 1 saturated heterocycles. The molecule has 3 rings (SSSR count). The van der Waals surface area contributed by atoms with Gasteiger partial charge in [0, 0.05) is 25.7 Å².